The predicted molar refractivity (Wildman–Crippen MR) is 88.3 cm³/mol. The number of hydrogen-bond acceptors (Lipinski definition) is 3. The van der Waals surface area contributed by atoms with E-state index in [2.05, 4.69) is 10.0 Å². The zero-order valence-electron chi connectivity index (χ0n) is 10.8. The Bertz CT molecular complexity index is 756. The van der Waals surface area contributed by atoms with Gasteiger partial charge < -0.3 is 5.32 Å². The smallest absolute Gasteiger partial charge is 0.264 e. The lowest BCUT2D eigenvalue weighted by atomic mass is 10.3. The molecule has 0 heterocycles. The molecule has 0 aromatic heterocycles. The van der Waals surface area contributed by atoms with Crippen LogP contribution >= 0.6 is 34.8 Å². The number of para-hydroxylation sites is 1. The molecule has 21 heavy (non-hydrogen) atoms. The quantitative estimate of drug-likeness (QED) is 0.839. The SMILES string of the molecule is CNc1ccccc1S(=O)(=O)Nc1c(Cl)cc(Cl)cc1Cl. The molecule has 0 atom stereocenters. The van der Waals surface area contributed by atoms with Crippen LogP contribution in [0.3, 0.4) is 0 Å². The number of rotatable bonds is 4. The van der Waals surface area contributed by atoms with E-state index in [-0.39, 0.29) is 20.6 Å². The molecular weight excluding hydrogens is 355 g/mol. The minimum Gasteiger partial charge on any atom is -0.387 e. The van der Waals surface area contributed by atoms with Gasteiger partial charge in [0.25, 0.3) is 10.0 Å². The summed E-state index contributed by atoms with van der Waals surface area (Å²) in [5.74, 6) is 0. The normalized spacial score (nSPS) is 11.2. The maximum atomic E-state index is 12.5. The van der Waals surface area contributed by atoms with Crippen molar-refractivity contribution in [3.05, 3.63) is 51.5 Å². The molecule has 2 aromatic rings. The van der Waals surface area contributed by atoms with Crippen LogP contribution in [0.4, 0.5) is 11.4 Å². The van der Waals surface area contributed by atoms with Crippen molar-refractivity contribution in [1.82, 2.24) is 0 Å². The Kier molecular flexibility index (Phi) is 4.88. The maximum Gasteiger partial charge on any atom is 0.264 e. The van der Waals surface area contributed by atoms with Crippen molar-refractivity contribution in [2.24, 2.45) is 0 Å². The second kappa shape index (κ2) is 6.32. The number of nitrogens with one attached hydrogen (secondary N) is 2. The van der Waals surface area contributed by atoms with Crippen LogP contribution in [0.1, 0.15) is 0 Å². The van der Waals surface area contributed by atoms with E-state index in [1.807, 2.05) is 0 Å². The highest BCUT2D eigenvalue weighted by atomic mass is 35.5. The van der Waals surface area contributed by atoms with Crippen molar-refractivity contribution >= 4 is 56.2 Å². The van der Waals surface area contributed by atoms with Crippen LogP contribution in [0.15, 0.2) is 41.3 Å². The Morgan fingerprint density at radius 1 is 1.00 bits per heavy atom. The third-order valence-corrected chi connectivity index (χ3v) is 4.91. The summed E-state index contributed by atoms with van der Waals surface area (Å²) in [5.41, 5.74) is 0.555. The van der Waals surface area contributed by atoms with Crippen molar-refractivity contribution < 1.29 is 8.42 Å². The van der Waals surface area contributed by atoms with Gasteiger partial charge in [0.1, 0.15) is 4.90 Å². The molecule has 4 nitrogen and oxygen atoms in total. The molecule has 2 N–H and O–H groups in total. The van der Waals surface area contributed by atoms with Gasteiger partial charge in [-0.15, -0.1) is 0 Å². The zero-order valence-corrected chi connectivity index (χ0v) is 13.9. The molecule has 0 aliphatic heterocycles. The van der Waals surface area contributed by atoms with Crippen LogP contribution in [-0.2, 0) is 10.0 Å². The molecular formula is C13H11Cl3N2O2S. The van der Waals surface area contributed by atoms with Crippen molar-refractivity contribution in [2.45, 2.75) is 4.90 Å². The van der Waals surface area contributed by atoms with Crippen molar-refractivity contribution in [3.8, 4) is 0 Å². The van der Waals surface area contributed by atoms with Crippen molar-refractivity contribution in [1.29, 1.82) is 0 Å². The van der Waals surface area contributed by atoms with Crippen molar-refractivity contribution in [3.63, 3.8) is 0 Å². The summed E-state index contributed by atoms with van der Waals surface area (Å²) in [4.78, 5) is 0.0922. The molecule has 0 saturated carbocycles. The van der Waals surface area contributed by atoms with Crippen LogP contribution < -0.4 is 10.0 Å². The van der Waals surface area contributed by atoms with Crippen LogP contribution in [0.5, 0.6) is 0 Å². The average Bonchev–Trinajstić information content (AvgIpc) is 2.43. The van der Waals surface area contributed by atoms with E-state index in [1.54, 1.807) is 25.2 Å². The minimum absolute atomic E-state index is 0.0913. The predicted octanol–water partition coefficient (Wildman–Crippen LogP) is 4.49. The number of hydrogen-bond donors (Lipinski definition) is 2. The van der Waals surface area contributed by atoms with Gasteiger partial charge in [-0.05, 0) is 24.3 Å². The number of benzene rings is 2. The first kappa shape index (κ1) is 16.2. The summed E-state index contributed by atoms with van der Waals surface area (Å²) in [6.45, 7) is 0. The van der Waals surface area contributed by atoms with Gasteiger partial charge in [-0.1, -0.05) is 46.9 Å². The fraction of sp³-hybridized carbons (Fsp3) is 0.0769. The highest BCUT2D eigenvalue weighted by molar-refractivity contribution is 7.93. The van der Waals surface area contributed by atoms with Gasteiger partial charge in [-0.25, -0.2) is 8.42 Å². The first-order valence-corrected chi connectivity index (χ1v) is 8.41. The maximum absolute atomic E-state index is 12.5. The van der Waals surface area contributed by atoms with E-state index in [1.165, 1.54) is 18.2 Å². The lowest BCUT2D eigenvalue weighted by Crippen LogP contribution is -2.15. The molecule has 0 aliphatic rings. The molecule has 0 bridgehead atoms. The number of anilines is 2. The van der Waals surface area contributed by atoms with Gasteiger partial charge in [0.05, 0.1) is 21.4 Å². The van der Waals surface area contributed by atoms with Gasteiger partial charge in [-0.2, -0.15) is 0 Å². The van der Waals surface area contributed by atoms with Crippen molar-refractivity contribution in [2.75, 3.05) is 17.1 Å². The van der Waals surface area contributed by atoms with Crippen LogP contribution in [-0.4, -0.2) is 15.5 Å². The van der Waals surface area contributed by atoms with Gasteiger partial charge in [-0.3, -0.25) is 4.72 Å². The molecule has 2 aromatic carbocycles. The minimum atomic E-state index is -3.84. The highest BCUT2D eigenvalue weighted by Gasteiger charge is 2.20. The lowest BCUT2D eigenvalue weighted by Gasteiger charge is -2.14. The molecule has 0 fully saturated rings. The molecule has 112 valence electrons. The molecule has 0 unspecified atom stereocenters. The monoisotopic (exact) mass is 364 g/mol. The Balaban J connectivity index is 2.48. The topological polar surface area (TPSA) is 58.2 Å². The van der Waals surface area contributed by atoms with Gasteiger partial charge in [0, 0.05) is 12.1 Å². The highest BCUT2D eigenvalue weighted by Crippen LogP contribution is 2.35. The lowest BCUT2D eigenvalue weighted by molar-refractivity contribution is 0.601. The first-order chi connectivity index (χ1) is 9.85. The molecule has 0 aliphatic carbocycles. The van der Waals surface area contributed by atoms with Gasteiger partial charge in [0.2, 0.25) is 0 Å². The second-order valence-corrected chi connectivity index (χ2v) is 7.00. The number of sulfonamides is 1. The Hall–Kier alpha value is -1.14. The third kappa shape index (κ3) is 3.55. The Labute approximate surface area is 138 Å². The van der Waals surface area contributed by atoms with Gasteiger partial charge >= 0.3 is 0 Å². The fourth-order valence-electron chi connectivity index (χ4n) is 1.74. The van der Waals surface area contributed by atoms with Gasteiger partial charge in [0.15, 0.2) is 0 Å². The van der Waals surface area contributed by atoms with E-state index in [4.69, 9.17) is 34.8 Å². The van der Waals surface area contributed by atoms with E-state index in [0.29, 0.717) is 10.7 Å². The largest absolute Gasteiger partial charge is 0.387 e. The molecule has 0 spiro atoms. The Morgan fingerprint density at radius 3 is 2.14 bits per heavy atom. The fourth-order valence-corrected chi connectivity index (χ4v) is 4.08. The zero-order chi connectivity index (χ0) is 15.6. The summed E-state index contributed by atoms with van der Waals surface area (Å²) in [7, 11) is -2.20. The molecule has 8 heteroatoms. The third-order valence-electron chi connectivity index (χ3n) is 2.69. The summed E-state index contributed by atoms with van der Waals surface area (Å²) < 4.78 is 27.3. The summed E-state index contributed by atoms with van der Waals surface area (Å²) in [6.07, 6.45) is 0. The average molecular weight is 366 g/mol. The first-order valence-electron chi connectivity index (χ1n) is 5.79. The molecule has 0 amide bonds. The molecule has 0 radical (unpaired) electrons. The molecule has 2 rings (SSSR count). The molecule has 0 saturated heterocycles. The summed E-state index contributed by atoms with van der Waals surface area (Å²) >= 11 is 17.8. The van der Waals surface area contributed by atoms with E-state index >= 15 is 0 Å². The summed E-state index contributed by atoms with van der Waals surface area (Å²) in [6, 6.07) is 9.31. The van der Waals surface area contributed by atoms with Crippen LogP contribution in [0, 0.1) is 0 Å². The van der Waals surface area contributed by atoms with E-state index in [9.17, 15) is 8.42 Å². The second-order valence-electron chi connectivity index (χ2n) is 4.10. The van der Waals surface area contributed by atoms with E-state index in [0.717, 1.165) is 0 Å². The standard InChI is InChI=1S/C13H11Cl3N2O2S/c1-17-11-4-2-3-5-12(11)21(19,20)18-13-9(15)6-8(14)7-10(13)16/h2-7,17-18H,1H3. The van der Waals surface area contributed by atoms with E-state index < -0.39 is 10.0 Å². The van der Waals surface area contributed by atoms with Crippen LogP contribution in [0.2, 0.25) is 15.1 Å². The summed E-state index contributed by atoms with van der Waals surface area (Å²) in [5, 5.41) is 3.39. The van der Waals surface area contributed by atoms with Crippen LogP contribution in [0.25, 0.3) is 0 Å². The number of halogens is 3. The Morgan fingerprint density at radius 2 is 1.57 bits per heavy atom.